The Morgan fingerprint density at radius 2 is 1.73 bits per heavy atom. The highest BCUT2D eigenvalue weighted by Gasteiger charge is 2.40. The summed E-state index contributed by atoms with van der Waals surface area (Å²) in [6.45, 7) is 1.31. The first-order chi connectivity index (χ1) is 21.1. The van der Waals surface area contributed by atoms with E-state index in [0.717, 1.165) is 68.1 Å². The maximum absolute atomic E-state index is 16.7. The van der Waals surface area contributed by atoms with Crippen LogP contribution >= 0.6 is 11.3 Å². The van der Waals surface area contributed by atoms with Crippen LogP contribution in [-0.2, 0) is 10.9 Å². The summed E-state index contributed by atoms with van der Waals surface area (Å²) in [7, 11) is 0. The third kappa shape index (κ3) is 4.81. The highest BCUT2D eigenvalue weighted by molar-refractivity contribution is 7.22. The van der Waals surface area contributed by atoms with Crippen LogP contribution in [0.15, 0.2) is 18.2 Å². The van der Waals surface area contributed by atoms with Crippen molar-refractivity contribution in [2.45, 2.75) is 69.0 Å². The lowest BCUT2D eigenvalue weighted by Gasteiger charge is -2.34. The van der Waals surface area contributed by atoms with Crippen LogP contribution < -0.4 is 20.7 Å². The van der Waals surface area contributed by atoms with Crippen molar-refractivity contribution in [3.63, 3.8) is 0 Å². The van der Waals surface area contributed by atoms with E-state index in [1.165, 1.54) is 0 Å². The van der Waals surface area contributed by atoms with Gasteiger partial charge in [0.2, 0.25) is 0 Å². The number of nitrogens with one attached hydrogen (secondary N) is 1. The standard InChI is InChI=1S/C30H29F5N6O2S/c31-21-6-5-18(25-26(21)44-28(36)38-25)22-20(30(33,34)35)9-19-24(23(22)32)39-29(42-12-13-7-16-3-4-17(8-13)43-16)40-27(19)41-10-14-1-2-15(11-41)37-14/h5-6,9,13-17,37H,1-4,7-8,10-12H2,(H2,36,38). The Morgan fingerprint density at radius 1 is 1.00 bits per heavy atom. The fraction of sp³-hybridized carbons (Fsp3) is 0.500. The van der Waals surface area contributed by atoms with Gasteiger partial charge in [-0.05, 0) is 62.6 Å². The van der Waals surface area contributed by atoms with Crippen LogP contribution in [0.4, 0.5) is 32.9 Å². The average Bonchev–Trinajstić information content (AvgIpc) is 3.66. The summed E-state index contributed by atoms with van der Waals surface area (Å²) in [5.74, 6) is -1.50. The molecule has 0 amide bonds. The Labute approximate surface area is 252 Å². The molecule has 4 atom stereocenters. The van der Waals surface area contributed by atoms with Crippen LogP contribution in [0.25, 0.3) is 32.2 Å². The average molecular weight is 633 g/mol. The van der Waals surface area contributed by atoms with Gasteiger partial charge in [0.15, 0.2) is 10.9 Å². The molecule has 4 unspecified atom stereocenters. The molecule has 8 nitrogen and oxygen atoms in total. The van der Waals surface area contributed by atoms with Crippen molar-refractivity contribution in [2.24, 2.45) is 5.92 Å². The van der Waals surface area contributed by atoms with Gasteiger partial charge in [0.1, 0.15) is 17.2 Å². The number of benzene rings is 2. The summed E-state index contributed by atoms with van der Waals surface area (Å²) < 4.78 is 87.5. The lowest BCUT2D eigenvalue weighted by atomic mass is 9.95. The van der Waals surface area contributed by atoms with Crippen LogP contribution in [-0.4, -0.2) is 58.9 Å². The fourth-order valence-corrected chi connectivity index (χ4v) is 8.21. The molecule has 44 heavy (non-hydrogen) atoms. The monoisotopic (exact) mass is 632 g/mol. The minimum atomic E-state index is -4.95. The Hall–Kier alpha value is -3.36. The normalized spacial score (nSPS) is 26.7. The predicted octanol–water partition coefficient (Wildman–Crippen LogP) is 6.06. The first-order valence-electron chi connectivity index (χ1n) is 14.9. The molecule has 8 rings (SSSR count). The van der Waals surface area contributed by atoms with Gasteiger partial charge in [-0.25, -0.2) is 13.8 Å². The van der Waals surface area contributed by atoms with Gasteiger partial charge in [-0.2, -0.15) is 23.1 Å². The molecule has 4 aromatic rings. The summed E-state index contributed by atoms with van der Waals surface area (Å²) in [6.07, 6.45) is 1.00. The van der Waals surface area contributed by atoms with Crippen LogP contribution in [0.3, 0.4) is 0 Å². The largest absolute Gasteiger partial charge is 0.463 e. The summed E-state index contributed by atoms with van der Waals surface area (Å²) in [5, 5.41) is 3.40. The van der Waals surface area contributed by atoms with E-state index in [-0.39, 0.29) is 73.9 Å². The summed E-state index contributed by atoms with van der Waals surface area (Å²) in [6, 6.07) is 3.20. The van der Waals surface area contributed by atoms with Crippen LogP contribution in [0, 0.1) is 17.6 Å². The number of halogens is 5. The minimum absolute atomic E-state index is 0.0451. The van der Waals surface area contributed by atoms with Crippen molar-refractivity contribution < 1.29 is 31.4 Å². The minimum Gasteiger partial charge on any atom is -0.463 e. The summed E-state index contributed by atoms with van der Waals surface area (Å²) >= 11 is 0.786. The molecule has 0 radical (unpaired) electrons. The molecule has 232 valence electrons. The number of rotatable bonds is 5. The fourth-order valence-electron chi connectivity index (χ4n) is 7.44. The predicted molar refractivity (Wildman–Crippen MR) is 156 cm³/mol. The number of piperazine rings is 1. The molecular weight excluding hydrogens is 603 g/mol. The molecule has 0 spiro atoms. The number of thiazole rings is 1. The van der Waals surface area contributed by atoms with E-state index in [4.69, 9.17) is 15.2 Å². The van der Waals surface area contributed by atoms with Crippen LogP contribution in [0.1, 0.15) is 44.1 Å². The molecular formula is C30H29F5N6O2S. The van der Waals surface area contributed by atoms with Gasteiger partial charge in [-0.3, -0.25) is 0 Å². The zero-order valence-corrected chi connectivity index (χ0v) is 24.3. The van der Waals surface area contributed by atoms with Crippen molar-refractivity contribution in [3.05, 3.63) is 35.4 Å². The molecule has 2 aromatic heterocycles. The lowest BCUT2D eigenvalue weighted by Crippen LogP contribution is -2.51. The van der Waals surface area contributed by atoms with Crippen molar-refractivity contribution >= 4 is 43.4 Å². The molecule has 4 aliphatic rings. The van der Waals surface area contributed by atoms with E-state index >= 15 is 4.39 Å². The van der Waals surface area contributed by atoms with E-state index in [9.17, 15) is 17.6 Å². The number of fused-ring (bicyclic) bond motifs is 6. The number of nitrogen functional groups attached to an aromatic ring is 1. The summed E-state index contributed by atoms with van der Waals surface area (Å²) in [4.78, 5) is 15.0. The number of aromatic nitrogens is 3. The molecule has 3 N–H and O–H groups in total. The Balaban J connectivity index is 1.29. The number of nitrogens with two attached hydrogens (primary N) is 1. The SMILES string of the molecule is Nc1nc2c(-c3c(C(F)(F)F)cc4c(N5CC6CCC(C5)N6)nc(OCC5CC6CCC(C5)O6)nc4c3F)ccc(F)c2s1. The zero-order chi connectivity index (χ0) is 30.3. The number of anilines is 2. The second-order valence-corrected chi connectivity index (χ2v) is 13.3. The van der Waals surface area contributed by atoms with E-state index in [1.807, 2.05) is 4.90 Å². The van der Waals surface area contributed by atoms with Crippen molar-refractivity contribution in [2.75, 3.05) is 30.3 Å². The molecule has 4 saturated heterocycles. The first kappa shape index (κ1) is 28.1. The first-order valence-corrected chi connectivity index (χ1v) is 15.7. The zero-order valence-electron chi connectivity index (χ0n) is 23.5. The quantitative estimate of drug-likeness (QED) is 0.256. The number of alkyl halides is 3. The topological polar surface area (TPSA) is 98.4 Å². The van der Waals surface area contributed by atoms with Gasteiger partial charge in [-0.15, -0.1) is 0 Å². The molecule has 6 heterocycles. The molecule has 4 bridgehead atoms. The van der Waals surface area contributed by atoms with Crippen molar-refractivity contribution in [1.29, 1.82) is 0 Å². The third-order valence-electron chi connectivity index (χ3n) is 9.33. The number of ether oxygens (including phenoxy) is 2. The second kappa shape index (κ2) is 10.3. The molecule has 0 saturated carbocycles. The smallest absolute Gasteiger partial charge is 0.417 e. The molecule has 14 heteroatoms. The van der Waals surface area contributed by atoms with Gasteiger partial charge in [0.05, 0.1) is 34.6 Å². The number of hydrogen-bond donors (Lipinski definition) is 2. The Morgan fingerprint density at radius 3 is 2.43 bits per heavy atom. The van der Waals surface area contributed by atoms with Crippen LogP contribution in [0.2, 0.25) is 0 Å². The lowest BCUT2D eigenvalue weighted by molar-refractivity contribution is -0.137. The highest BCUT2D eigenvalue weighted by atomic mass is 32.1. The van der Waals surface area contributed by atoms with Crippen LogP contribution in [0.5, 0.6) is 6.01 Å². The van der Waals surface area contributed by atoms with E-state index in [2.05, 4.69) is 20.3 Å². The van der Waals surface area contributed by atoms with Crippen molar-refractivity contribution in [1.82, 2.24) is 20.3 Å². The van der Waals surface area contributed by atoms with E-state index < -0.39 is 28.9 Å². The maximum atomic E-state index is 16.7. The molecule has 2 aromatic carbocycles. The highest BCUT2D eigenvalue weighted by Crippen LogP contribution is 2.46. The van der Waals surface area contributed by atoms with Gasteiger partial charge in [0.25, 0.3) is 0 Å². The number of hydrogen-bond acceptors (Lipinski definition) is 9. The maximum Gasteiger partial charge on any atom is 0.417 e. The molecule has 4 fully saturated rings. The van der Waals surface area contributed by atoms with E-state index in [0.29, 0.717) is 19.7 Å². The second-order valence-electron chi connectivity index (χ2n) is 12.3. The Bertz CT molecular complexity index is 1760. The van der Waals surface area contributed by atoms with E-state index in [1.54, 1.807) is 0 Å². The van der Waals surface area contributed by atoms with Crippen molar-refractivity contribution in [3.8, 4) is 17.1 Å². The molecule has 0 aliphatic carbocycles. The summed E-state index contributed by atoms with van der Waals surface area (Å²) in [5.41, 5.74) is 3.14. The van der Waals surface area contributed by atoms with Gasteiger partial charge < -0.3 is 25.4 Å². The van der Waals surface area contributed by atoms with Gasteiger partial charge in [0, 0.05) is 41.7 Å². The number of nitrogens with zero attached hydrogens (tertiary/aromatic N) is 4. The van der Waals surface area contributed by atoms with Gasteiger partial charge in [-0.1, -0.05) is 11.3 Å². The Kier molecular flexibility index (Phi) is 6.61. The third-order valence-corrected chi connectivity index (χ3v) is 10.2. The molecule has 4 aliphatic heterocycles. The van der Waals surface area contributed by atoms with Gasteiger partial charge >= 0.3 is 12.2 Å².